The van der Waals surface area contributed by atoms with Gasteiger partial charge in [0.05, 0.1) is 0 Å². The van der Waals surface area contributed by atoms with Gasteiger partial charge in [-0.15, -0.1) is 0 Å². The first-order chi connectivity index (χ1) is 9.85. The van der Waals surface area contributed by atoms with Crippen LogP contribution in [0.3, 0.4) is 0 Å². The molecule has 2 amide bonds. The number of amides is 2. The number of aromatic amines is 1. The Balaban J connectivity index is 1.85. The number of carbonyl (C=O) groups is 2. The zero-order valence-corrected chi connectivity index (χ0v) is 12.6. The lowest BCUT2D eigenvalue weighted by Gasteiger charge is -2.20. The Hall–Kier alpha value is -2.30. The van der Waals surface area contributed by atoms with Crippen molar-refractivity contribution in [2.75, 3.05) is 6.54 Å². The van der Waals surface area contributed by atoms with E-state index in [4.69, 9.17) is 0 Å². The third-order valence-electron chi connectivity index (χ3n) is 2.97. The van der Waals surface area contributed by atoms with E-state index in [0.29, 0.717) is 12.1 Å². The van der Waals surface area contributed by atoms with Gasteiger partial charge in [0.1, 0.15) is 0 Å². The first-order valence-electron chi connectivity index (χ1n) is 7.01. The maximum absolute atomic E-state index is 12.0. The fourth-order valence-corrected chi connectivity index (χ4v) is 2.07. The number of hydrogen-bond donors (Lipinski definition) is 3. The minimum Gasteiger partial charge on any atom is -0.361 e. The SMILES string of the molecule is CC(C)(C)NC(=O)CCNC(=O)c1ccc2[nH]ccc2c1. The van der Waals surface area contributed by atoms with Crippen LogP contribution >= 0.6 is 0 Å². The fourth-order valence-electron chi connectivity index (χ4n) is 2.07. The Bertz CT molecular complexity index is 653. The lowest BCUT2D eigenvalue weighted by atomic mass is 10.1. The predicted octanol–water partition coefficient (Wildman–Crippen LogP) is 2.20. The molecule has 5 nitrogen and oxygen atoms in total. The summed E-state index contributed by atoms with van der Waals surface area (Å²) in [6.45, 7) is 6.10. The summed E-state index contributed by atoms with van der Waals surface area (Å²) in [5.74, 6) is -0.231. The standard InChI is InChI=1S/C16H21N3O2/c1-16(2,3)19-14(20)7-9-18-15(21)12-4-5-13-11(10-12)6-8-17-13/h4-6,8,10,17H,7,9H2,1-3H3,(H,18,21)(H,19,20). The van der Waals surface area contributed by atoms with Crippen molar-refractivity contribution < 1.29 is 9.59 Å². The van der Waals surface area contributed by atoms with Crippen LogP contribution in [0.2, 0.25) is 0 Å². The Labute approximate surface area is 124 Å². The summed E-state index contributed by atoms with van der Waals surface area (Å²) in [6.07, 6.45) is 2.11. The molecule has 5 heteroatoms. The van der Waals surface area contributed by atoms with Crippen molar-refractivity contribution in [3.05, 3.63) is 36.0 Å². The Morgan fingerprint density at radius 2 is 1.95 bits per heavy atom. The molecular weight excluding hydrogens is 266 g/mol. The molecule has 1 heterocycles. The fraction of sp³-hybridized carbons (Fsp3) is 0.375. The van der Waals surface area contributed by atoms with Crippen molar-refractivity contribution in [3.8, 4) is 0 Å². The normalized spacial score (nSPS) is 11.4. The average molecular weight is 287 g/mol. The first kappa shape index (κ1) is 15.1. The number of fused-ring (bicyclic) bond motifs is 1. The van der Waals surface area contributed by atoms with E-state index in [9.17, 15) is 9.59 Å². The minimum atomic E-state index is -0.250. The molecule has 0 unspecified atom stereocenters. The Morgan fingerprint density at radius 1 is 1.19 bits per heavy atom. The smallest absolute Gasteiger partial charge is 0.251 e. The van der Waals surface area contributed by atoms with Crippen LogP contribution in [0.5, 0.6) is 0 Å². The highest BCUT2D eigenvalue weighted by atomic mass is 16.2. The van der Waals surface area contributed by atoms with Crippen molar-refractivity contribution in [1.29, 1.82) is 0 Å². The third-order valence-corrected chi connectivity index (χ3v) is 2.97. The van der Waals surface area contributed by atoms with Crippen molar-refractivity contribution in [1.82, 2.24) is 15.6 Å². The van der Waals surface area contributed by atoms with Crippen LogP contribution in [0.4, 0.5) is 0 Å². The van der Waals surface area contributed by atoms with Gasteiger partial charge in [0, 0.05) is 41.2 Å². The topological polar surface area (TPSA) is 74.0 Å². The number of benzene rings is 1. The maximum Gasteiger partial charge on any atom is 0.251 e. The van der Waals surface area contributed by atoms with E-state index in [1.54, 1.807) is 6.07 Å². The quantitative estimate of drug-likeness (QED) is 0.806. The van der Waals surface area contributed by atoms with Gasteiger partial charge in [-0.25, -0.2) is 0 Å². The van der Waals surface area contributed by atoms with Gasteiger partial charge in [0.2, 0.25) is 5.91 Å². The molecular formula is C16H21N3O2. The van der Waals surface area contributed by atoms with Crippen LogP contribution in [0.25, 0.3) is 10.9 Å². The molecule has 1 aromatic heterocycles. The summed E-state index contributed by atoms with van der Waals surface area (Å²) in [5, 5.41) is 6.62. The van der Waals surface area contributed by atoms with Crippen molar-refractivity contribution in [2.24, 2.45) is 0 Å². The molecule has 0 bridgehead atoms. The monoisotopic (exact) mass is 287 g/mol. The van der Waals surface area contributed by atoms with E-state index in [1.165, 1.54) is 0 Å². The van der Waals surface area contributed by atoms with E-state index in [-0.39, 0.29) is 23.8 Å². The van der Waals surface area contributed by atoms with E-state index in [2.05, 4.69) is 15.6 Å². The van der Waals surface area contributed by atoms with Gasteiger partial charge in [-0.3, -0.25) is 9.59 Å². The zero-order chi connectivity index (χ0) is 15.5. The summed E-state index contributed by atoms with van der Waals surface area (Å²) < 4.78 is 0. The second-order valence-electron chi connectivity index (χ2n) is 6.08. The minimum absolute atomic E-state index is 0.0658. The van der Waals surface area contributed by atoms with E-state index < -0.39 is 0 Å². The predicted molar refractivity (Wildman–Crippen MR) is 83.1 cm³/mol. The molecule has 0 atom stereocenters. The highest BCUT2D eigenvalue weighted by Crippen LogP contribution is 2.14. The second kappa shape index (κ2) is 5.99. The van der Waals surface area contributed by atoms with Crippen LogP contribution in [0.1, 0.15) is 37.6 Å². The molecule has 112 valence electrons. The molecule has 0 saturated carbocycles. The van der Waals surface area contributed by atoms with E-state index >= 15 is 0 Å². The number of rotatable bonds is 4. The van der Waals surface area contributed by atoms with Gasteiger partial charge in [-0.05, 0) is 45.0 Å². The van der Waals surface area contributed by atoms with Crippen LogP contribution in [-0.4, -0.2) is 28.9 Å². The van der Waals surface area contributed by atoms with Crippen LogP contribution in [0, 0.1) is 0 Å². The summed E-state index contributed by atoms with van der Waals surface area (Å²) in [7, 11) is 0. The van der Waals surface area contributed by atoms with Gasteiger partial charge in [-0.2, -0.15) is 0 Å². The molecule has 0 fully saturated rings. The summed E-state index contributed by atoms with van der Waals surface area (Å²) >= 11 is 0. The molecule has 1 aromatic carbocycles. The van der Waals surface area contributed by atoms with Gasteiger partial charge in [-0.1, -0.05) is 0 Å². The van der Waals surface area contributed by atoms with Crippen LogP contribution in [-0.2, 0) is 4.79 Å². The van der Waals surface area contributed by atoms with Gasteiger partial charge < -0.3 is 15.6 Å². The molecule has 0 aliphatic heterocycles. The molecule has 0 radical (unpaired) electrons. The molecule has 21 heavy (non-hydrogen) atoms. The first-order valence-corrected chi connectivity index (χ1v) is 7.01. The summed E-state index contributed by atoms with van der Waals surface area (Å²) in [6, 6.07) is 7.39. The number of aromatic nitrogens is 1. The lowest BCUT2D eigenvalue weighted by Crippen LogP contribution is -2.41. The van der Waals surface area contributed by atoms with E-state index in [0.717, 1.165) is 10.9 Å². The molecule has 0 spiro atoms. The molecule has 0 saturated heterocycles. The summed E-state index contributed by atoms with van der Waals surface area (Å²) in [4.78, 5) is 26.8. The van der Waals surface area contributed by atoms with Gasteiger partial charge in [0.25, 0.3) is 5.91 Å². The molecule has 2 rings (SSSR count). The molecule has 0 aliphatic carbocycles. The van der Waals surface area contributed by atoms with Gasteiger partial charge in [0.15, 0.2) is 0 Å². The average Bonchev–Trinajstić information content (AvgIpc) is 2.83. The molecule has 3 N–H and O–H groups in total. The molecule has 0 aliphatic rings. The van der Waals surface area contributed by atoms with Gasteiger partial charge >= 0.3 is 0 Å². The van der Waals surface area contributed by atoms with E-state index in [1.807, 2.05) is 45.2 Å². The largest absolute Gasteiger partial charge is 0.361 e. The van der Waals surface area contributed by atoms with Crippen molar-refractivity contribution in [2.45, 2.75) is 32.7 Å². The van der Waals surface area contributed by atoms with Crippen LogP contribution < -0.4 is 10.6 Å². The number of carbonyl (C=O) groups excluding carboxylic acids is 2. The van der Waals surface area contributed by atoms with Crippen molar-refractivity contribution in [3.63, 3.8) is 0 Å². The highest BCUT2D eigenvalue weighted by molar-refractivity contribution is 5.98. The third kappa shape index (κ3) is 4.34. The lowest BCUT2D eigenvalue weighted by molar-refractivity contribution is -0.122. The maximum atomic E-state index is 12.0. The van der Waals surface area contributed by atoms with Crippen molar-refractivity contribution >= 4 is 22.7 Å². The number of nitrogens with one attached hydrogen (secondary N) is 3. The Kier molecular flexibility index (Phi) is 4.31. The number of H-pyrrole nitrogens is 1. The zero-order valence-electron chi connectivity index (χ0n) is 12.6. The van der Waals surface area contributed by atoms with Crippen LogP contribution in [0.15, 0.2) is 30.5 Å². The number of hydrogen-bond acceptors (Lipinski definition) is 2. The molecule has 2 aromatic rings. The summed E-state index contributed by atoms with van der Waals surface area (Å²) in [5.41, 5.74) is 1.34. The second-order valence-corrected chi connectivity index (χ2v) is 6.08. The highest BCUT2D eigenvalue weighted by Gasteiger charge is 2.13. The Morgan fingerprint density at radius 3 is 2.67 bits per heavy atom.